The highest BCUT2D eigenvalue weighted by Gasteiger charge is 2.15. The summed E-state index contributed by atoms with van der Waals surface area (Å²) in [6, 6.07) is 23.5. The van der Waals surface area contributed by atoms with Crippen LogP contribution in [-0.2, 0) is 0 Å². The number of halogens is 1. The van der Waals surface area contributed by atoms with Crippen molar-refractivity contribution in [2.45, 2.75) is 0 Å². The Hall–Kier alpha value is -4.41. The van der Waals surface area contributed by atoms with Gasteiger partial charge in [0.2, 0.25) is 0 Å². The number of pyridine rings is 1. The smallest absolute Gasteiger partial charge is 0.272 e. The summed E-state index contributed by atoms with van der Waals surface area (Å²) >= 11 is 6.36. The summed E-state index contributed by atoms with van der Waals surface area (Å²) < 4.78 is 10.6. The maximum absolute atomic E-state index is 13.1. The Morgan fingerprint density at radius 3 is 2.71 bits per heavy atom. The van der Waals surface area contributed by atoms with Crippen LogP contribution in [0.2, 0.25) is 5.02 Å². The molecule has 0 fully saturated rings. The van der Waals surface area contributed by atoms with Crippen molar-refractivity contribution in [2.75, 3.05) is 13.7 Å². The first-order valence-electron chi connectivity index (χ1n) is 10.3. The summed E-state index contributed by atoms with van der Waals surface area (Å²) in [5.41, 5.74) is 5.68. The summed E-state index contributed by atoms with van der Waals surface area (Å²) in [5.74, 6) is 0.514. The number of aromatic nitrogens is 1. The molecule has 0 atom stereocenters. The molecule has 1 N–H and O–H groups in total. The molecule has 1 amide bonds. The second kappa shape index (κ2) is 10.5. The lowest BCUT2D eigenvalue weighted by molar-refractivity contribution is 0.0956. The lowest BCUT2D eigenvalue weighted by Crippen LogP contribution is -2.18. The first-order chi connectivity index (χ1) is 16.6. The lowest BCUT2D eigenvalue weighted by atomic mass is 10.0. The van der Waals surface area contributed by atoms with Crippen LogP contribution in [0.5, 0.6) is 11.5 Å². The zero-order chi connectivity index (χ0) is 23.9. The molecule has 0 spiro atoms. The Labute approximate surface area is 201 Å². The van der Waals surface area contributed by atoms with Crippen LogP contribution in [0.4, 0.5) is 0 Å². The zero-order valence-electron chi connectivity index (χ0n) is 18.2. The van der Waals surface area contributed by atoms with E-state index in [1.165, 1.54) is 13.3 Å². The molecular formula is C26H19ClN4O3. The third-order valence-corrected chi connectivity index (χ3v) is 5.30. The first kappa shape index (κ1) is 22.8. The van der Waals surface area contributed by atoms with Crippen LogP contribution >= 0.6 is 11.6 Å². The van der Waals surface area contributed by atoms with Gasteiger partial charge in [-0.1, -0.05) is 48.0 Å². The molecule has 0 aliphatic heterocycles. The van der Waals surface area contributed by atoms with Crippen molar-refractivity contribution < 1.29 is 14.3 Å². The van der Waals surface area contributed by atoms with E-state index in [4.69, 9.17) is 26.3 Å². The number of methoxy groups -OCH3 is 1. The molecule has 0 aliphatic rings. The molecule has 1 aromatic heterocycles. The van der Waals surface area contributed by atoms with Crippen LogP contribution in [0.15, 0.2) is 77.9 Å². The van der Waals surface area contributed by atoms with Crippen LogP contribution in [0.3, 0.4) is 0 Å². The SMILES string of the molecule is COc1cc(/C=N/NC(=O)c2cc(-c3ccccc3Cl)nc3ccccc23)ccc1OCC#N. The first-order valence-corrected chi connectivity index (χ1v) is 10.6. The minimum Gasteiger partial charge on any atom is -0.493 e. The van der Waals surface area contributed by atoms with Gasteiger partial charge in [-0.25, -0.2) is 10.4 Å². The summed E-state index contributed by atoms with van der Waals surface area (Å²) in [5, 5.41) is 14.0. The molecular weight excluding hydrogens is 452 g/mol. The molecule has 34 heavy (non-hydrogen) atoms. The van der Waals surface area contributed by atoms with Gasteiger partial charge < -0.3 is 9.47 Å². The van der Waals surface area contributed by atoms with E-state index in [2.05, 4.69) is 15.5 Å². The van der Waals surface area contributed by atoms with Gasteiger partial charge in [-0.05, 0) is 42.0 Å². The monoisotopic (exact) mass is 470 g/mol. The Morgan fingerprint density at radius 2 is 1.91 bits per heavy atom. The minimum absolute atomic E-state index is 0.0874. The van der Waals surface area contributed by atoms with Gasteiger partial charge in [0.15, 0.2) is 18.1 Å². The maximum Gasteiger partial charge on any atom is 0.272 e. The minimum atomic E-state index is -0.385. The van der Waals surface area contributed by atoms with Crippen LogP contribution in [0.1, 0.15) is 15.9 Å². The normalized spacial score (nSPS) is 10.7. The second-order valence-corrected chi connectivity index (χ2v) is 7.52. The predicted molar refractivity (Wildman–Crippen MR) is 131 cm³/mol. The molecule has 0 aliphatic carbocycles. The number of nitrogens with zero attached hydrogens (tertiary/aromatic N) is 3. The third-order valence-electron chi connectivity index (χ3n) is 4.97. The number of hydrogen-bond donors (Lipinski definition) is 1. The highest BCUT2D eigenvalue weighted by atomic mass is 35.5. The van der Waals surface area contributed by atoms with Crippen LogP contribution in [0, 0.1) is 11.3 Å². The number of nitriles is 1. The molecule has 0 saturated heterocycles. The maximum atomic E-state index is 13.1. The summed E-state index contributed by atoms with van der Waals surface area (Å²) in [7, 11) is 1.50. The number of carbonyl (C=O) groups excluding carboxylic acids is 1. The van der Waals surface area contributed by atoms with Gasteiger partial charge in [0.25, 0.3) is 5.91 Å². The van der Waals surface area contributed by atoms with Crippen molar-refractivity contribution >= 4 is 34.6 Å². The van der Waals surface area contributed by atoms with E-state index in [1.807, 2.05) is 48.5 Å². The van der Waals surface area contributed by atoms with Gasteiger partial charge in [-0.15, -0.1) is 0 Å². The molecule has 3 aromatic carbocycles. The molecule has 4 aromatic rings. The number of rotatable bonds is 7. The van der Waals surface area contributed by atoms with E-state index >= 15 is 0 Å². The Morgan fingerprint density at radius 1 is 1.12 bits per heavy atom. The van der Waals surface area contributed by atoms with E-state index < -0.39 is 0 Å². The zero-order valence-corrected chi connectivity index (χ0v) is 18.9. The average molecular weight is 471 g/mol. The number of nitrogens with one attached hydrogen (secondary N) is 1. The fourth-order valence-corrected chi connectivity index (χ4v) is 3.62. The fraction of sp³-hybridized carbons (Fsp3) is 0.0769. The van der Waals surface area contributed by atoms with Crippen molar-refractivity contribution in [1.82, 2.24) is 10.4 Å². The predicted octanol–water partition coefficient (Wildman–Crippen LogP) is 5.23. The lowest BCUT2D eigenvalue weighted by Gasteiger charge is -2.10. The molecule has 0 bridgehead atoms. The highest BCUT2D eigenvalue weighted by molar-refractivity contribution is 6.33. The van der Waals surface area contributed by atoms with Gasteiger partial charge in [-0.2, -0.15) is 10.4 Å². The van der Waals surface area contributed by atoms with Crippen molar-refractivity contribution in [2.24, 2.45) is 5.10 Å². The quantitative estimate of drug-likeness (QED) is 0.294. The summed E-state index contributed by atoms with van der Waals surface area (Å²) in [6.07, 6.45) is 1.49. The number of amides is 1. The molecule has 0 radical (unpaired) electrons. The van der Waals surface area contributed by atoms with E-state index in [9.17, 15) is 4.79 Å². The van der Waals surface area contributed by atoms with E-state index in [1.54, 1.807) is 30.3 Å². The second-order valence-electron chi connectivity index (χ2n) is 7.11. The highest BCUT2D eigenvalue weighted by Crippen LogP contribution is 2.30. The van der Waals surface area contributed by atoms with Crippen LogP contribution in [0.25, 0.3) is 22.2 Å². The molecule has 0 saturated carbocycles. The van der Waals surface area contributed by atoms with Gasteiger partial charge >= 0.3 is 0 Å². The number of hydrogen-bond acceptors (Lipinski definition) is 6. The number of ether oxygens (including phenoxy) is 2. The van der Waals surface area contributed by atoms with E-state index in [0.717, 1.165) is 5.56 Å². The summed E-state index contributed by atoms with van der Waals surface area (Å²) in [6.45, 7) is -0.0874. The molecule has 168 valence electrons. The number of fused-ring (bicyclic) bond motifs is 1. The number of benzene rings is 3. The van der Waals surface area contributed by atoms with Crippen molar-refractivity contribution in [3.63, 3.8) is 0 Å². The standard InChI is InChI=1S/C26H19ClN4O3/c1-33-25-14-17(10-11-24(25)34-13-12-28)16-29-31-26(32)20-15-23(19-7-2-4-8-21(19)27)30-22-9-5-3-6-18(20)22/h2-11,14-16H,13H2,1H3,(H,31,32)/b29-16+. The van der Waals surface area contributed by atoms with Crippen molar-refractivity contribution in [1.29, 1.82) is 5.26 Å². The van der Waals surface area contributed by atoms with Crippen LogP contribution in [-0.4, -0.2) is 30.8 Å². The molecule has 1 heterocycles. The summed E-state index contributed by atoms with van der Waals surface area (Å²) in [4.78, 5) is 17.7. The molecule has 7 nitrogen and oxygen atoms in total. The molecule has 4 rings (SSSR count). The topological polar surface area (TPSA) is 96.6 Å². The molecule has 0 unspecified atom stereocenters. The van der Waals surface area contributed by atoms with Gasteiger partial charge in [0.05, 0.1) is 30.1 Å². The Kier molecular flexibility index (Phi) is 7.01. The van der Waals surface area contributed by atoms with Crippen LogP contribution < -0.4 is 14.9 Å². The van der Waals surface area contributed by atoms with Gasteiger partial charge in [0.1, 0.15) is 6.07 Å². The average Bonchev–Trinajstić information content (AvgIpc) is 2.87. The van der Waals surface area contributed by atoms with E-state index in [-0.39, 0.29) is 12.5 Å². The fourth-order valence-electron chi connectivity index (χ4n) is 3.39. The van der Waals surface area contributed by atoms with Crippen molar-refractivity contribution in [3.8, 4) is 28.8 Å². The van der Waals surface area contributed by atoms with Crippen molar-refractivity contribution in [3.05, 3.63) is 88.9 Å². The van der Waals surface area contributed by atoms with Gasteiger partial charge in [-0.3, -0.25) is 4.79 Å². The largest absolute Gasteiger partial charge is 0.493 e. The number of carbonyl (C=O) groups is 1. The Balaban J connectivity index is 1.60. The van der Waals surface area contributed by atoms with E-state index in [0.29, 0.717) is 44.2 Å². The van der Waals surface area contributed by atoms with Gasteiger partial charge in [0, 0.05) is 16.0 Å². The number of hydrazone groups is 1. The molecule has 8 heteroatoms. The third kappa shape index (κ3) is 4.98. The Bertz CT molecular complexity index is 1430. The number of para-hydroxylation sites is 1.